The van der Waals surface area contributed by atoms with Crippen molar-refractivity contribution in [2.24, 2.45) is 0 Å². The maximum absolute atomic E-state index is 13.0. The molecule has 0 spiro atoms. The first-order chi connectivity index (χ1) is 12.1. The molecule has 0 unspecified atom stereocenters. The summed E-state index contributed by atoms with van der Waals surface area (Å²) in [6, 6.07) is 11.7. The van der Waals surface area contributed by atoms with Gasteiger partial charge in [0.1, 0.15) is 26.2 Å². The molecule has 0 heterocycles. The van der Waals surface area contributed by atoms with Crippen LogP contribution in [0.2, 0.25) is 0 Å². The number of Topliss-reactive ketones (excluding diaryl/α,β-unsaturated/α-hetero) is 1. The number of carbonyl (C=O) groups is 1. The second kappa shape index (κ2) is 8.75. The molecule has 0 atom stereocenters. The summed E-state index contributed by atoms with van der Waals surface area (Å²) in [4.78, 5) is 13.0. The Morgan fingerprint density at radius 2 is 1.42 bits per heavy atom. The normalized spacial score (nSPS) is 13.5. The second-order valence-corrected chi connectivity index (χ2v) is 6.59. The molecule has 0 aromatic heterocycles. The molecule has 0 saturated heterocycles. The first kappa shape index (κ1) is 20.6. The molecule has 2 aromatic rings. The smallest absolute Gasteiger partial charge is 0.195 e. The monoisotopic (exact) mass is 378 g/mol. The first-order valence-electron chi connectivity index (χ1n) is 8.59. The first-order valence-corrected chi connectivity index (χ1v) is 8.59. The van der Waals surface area contributed by atoms with Gasteiger partial charge in [-0.3, -0.25) is 4.79 Å². The topological polar surface area (TPSA) is 77.8 Å². The number of nitrogens with zero attached hydrogens (tertiary/aromatic N) is 1. The van der Waals surface area contributed by atoms with Gasteiger partial charge in [-0.2, -0.15) is 0 Å². The van der Waals surface area contributed by atoms with E-state index in [-0.39, 0.29) is 38.0 Å². The molecule has 0 radical (unpaired) electrons. The van der Waals surface area contributed by atoms with E-state index in [9.17, 15) is 20.1 Å². The predicted octanol–water partition coefficient (Wildman–Crippen LogP) is 1.63. The fourth-order valence-corrected chi connectivity index (χ4v) is 3.79. The molecule has 0 fully saturated rings. The average molecular weight is 379 g/mol. The van der Waals surface area contributed by atoms with E-state index in [1.54, 1.807) is 0 Å². The lowest BCUT2D eigenvalue weighted by atomic mass is 9.87. The summed E-state index contributed by atoms with van der Waals surface area (Å²) in [6.07, 6.45) is 1.91. The lowest BCUT2D eigenvalue weighted by molar-refractivity contribution is -0.924. The molecule has 5 nitrogen and oxygen atoms in total. The SMILES string of the molecule is Cl.O=C1C(C[N+](CCO)(CCO)CCO)=Cc2cccc3cccc1c23. The van der Waals surface area contributed by atoms with Gasteiger partial charge in [0, 0.05) is 10.9 Å². The van der Waals surface area contributed by atoms with Crippen LogP contribution in [0, 0.1) is 0 Å². The van der Waals surface area contributed by atoms with Crippen molar-refractivity contribution in [1.82, 2.24) is 0 Å². The molecule has 0 aliphatic heterocycles. The number of aliphatic hydroxyl groups excluding tert-OH is 3. The van der Waals surface area contributed by atoms with Gasteiger partial charge in [-0.15, -0.1) is 12.4 Å². The van der Waals surface area contributed by atoms with Crippen LogP contribution in [0.5, 0.6) is 0 Å². The Morgan fingerprint density at radius 3 is 2.00 bits per heavy atom. The summed E-state index contributed by atoms with van der Waals surface area (Å²) in [7, 11) is 0. The Bertz CT molecular complexity index is 796. The summed E-state index contributed by atoms with van der Waals surface area (Å²) in [6.45, 7) is 1.35. The zero-order valence-electron chi connectivity index (χ0n) is 14.6. The molecule has 0 saturated carbocycles. The summed E-state index contributed by atoms with van der Waals surface area (Å²) in [5, 5.41) is 30.4. The van der Waals surface area contributed by atoms with Gasteiger partial charge in [-0.25, -0.2) is 0 Å². The minimum atomic E-state index is -0.0619. The lowest BCUT2D eigenvalue weighted by Gasteiger charge is -2.38. The number of aliphatic hydroxyl groups is 3. The van der Waals surface area contributed by atoms with E-state index in [0.29, 0.717) is 41.8 Å². The zero-order valence-corrected chi connectivity index (χ0v) is 15.4. The maximum Gasteiger partial charge on any atom is 0.195 e. The van der Waals surface area contributed by atoms with E-state index in [1.807, 2.05) is 42.5 Å². The maximum atomic E-state index is 13.0. The summed E-state index contributed by atoms with van der Waals surface area (Å²) >= 11 is 0. The standard InChI is InChI=1S/C20H24NO4.ClH/c22-10-7-21(8-11-23,9-12-24)14-17-13-16-5-1-3-15-4-2-6-18(19(15)16)20(17)25;/h1-6,13,22-24H,7-12,14H2;1H/q+1;. The molecule has 6 heteroatoms. The fraction of sp³-hybridized carbons (Fsp3) is 0.350. The molecular weight excluding hydrogens is 354 g/mol. The third-order valence-corrected chi connectivity index (χ3v) is 5.03. The number of halogens is 1. The highest BCUT2D eigenvalue weighted by Crippen LogP contribution is 2.32. The van der Waals surface area contributed by atoms with Crippen molar-refractivity contribution in [3.63, 3.8) is 0 Å². The number of carbonyl (C=O) groups excluding carboxylic acids is 1. The number of quaternary nitrogens is 1. The van der Waals surface area contributed by atoms with Gasteiger partial charge in [0.15, 0.2) is 5.78 Å². The van der Waals surface area contributed by atoms with Crippen molar-refractivity contribution >= 4 is 35.0 Å². The van der Waals surface area contributed by atoms with Crippen LogP contribution in [-0.2, 0) is 0 Å². The quantitative estimate of drug-likeness (QED) is 0.610. The average Bonchev–Trinajstić information content (AvgIpc) is 2.60. The van der Waals surface area contributed by atoms with Crippen molar-refractivity contribution < 1.29 is 24.6 Å². The third kappa shape index (κ3) is 3.82. The second-order valence-electron chi connectivity index (χ2n) is 6.59. The van der Waals surface area contributed by atoms with Crippen LogP contribution in [0.1, 0.15) is 15.9 Å². The van der Waals surface area contributed by atoms with Gasteiger partial charge in [0.05, 0.1) is 25.4 Å². The van der Waals surface area contributed by atoms with E-state index in [4.69, 9.17) is 0 Å². The fourth-order valence-electron chi connectivity index (χ4n) is 3.79. The van der Waals surface area contributed by atoms with Crippen LogP contribution in [0.15, 0.2) is 42.0 Å². The molecule has 0 amide bonds. The molecule has 3 N–H and O–H groups in total. The highest BCUT2D eigenvalue weighted by molar-refractivity contribution is 6.22. The van der Waals surface area contributed by atoms with E-state index < -0.39 is 0 Å². The van der Waals surface area contributed by atoms with E-state index in [1.165, 1.54) is 0 Å². The van der Waals surface area contributed by atoms with Gasteiger partial charge in [0.2, 0.25) is 0 Å². The van der Waals surface area contributed by atoms with Crippen LogP contribution in [-0.4, -0.2) is 71.6 Å². The highest BCUT2D eigenvalue weighted by atomic mass is 35.5. The van der Waals surface area contributed by atoms with Crippen molar-refractivity contribution in [3.05, 3.63) is 53.1 Å². The van der Waals surface area contributed by atoms with Crippen LogP contribution < -0.4 is 0 Å². The molecule has 2 aromatic carbocycles. The Labute approximate surface area is 159 Å². The number of hydrogen-bond donors (Lipinski definition) is 3. The molecule has 1 aliphatic carbocycles. The Balaban J connectivity index is 0.00000243. The Hall–Kier alpha value is -1.76. The van der Waals surface area contributed by atoms with Crippen LogP contribution in [0.3, 0.4) is 0 Å². The van der Waals surface area contributed by atoms with Crippen molar-refractivity contribution in [2.75, 3.05) is 46.0 Å². The molecule has 0 bridgehead atoms. The van der Waals surface area contributed by atoms with Crippen molar-refractivity contribution in [2.45, 2.75) is 0 Å². The number of benzene rings is 2. The third-order valence-electron chi connectivity index (χ3n) is 5.03. The Morgan fingerprint density at radius 1 is 0.846 bits per heavy atom. The van der Waals surface area contributed by atoms with E-state index in [0.717, 1.165) is 16.3 Å². The molecule has 26 heavy (non-hydrogen) atoms. The summed E-state index contributed by atoms with van der Waals surface area (Å²) in [5.74, 6) is -0.0133. The van der Waals surface area contributed by atoms with Gasteiger partial charge in [0.25, 0.3) is 0 Å². The minimum Gasteiger partial charge on any atom is -0.391 e. The van der Waals surface area contributed by atoms with Crippen LogP contribution in [0.25, 0.3) is 16.8 Å². The molecule has 140 valence electrons. The lowest BCUT2D eigenvalue weighted by Crippen LogP contribution is -2.55. The number of ketones is 1. The number of rotatable bonds is 8. The molecule has 1 aliphatic rings. The largest absolute Gasteiger partial charge is 0.391 e. The van der Waals surface area contributed by atoms with Gasteiger partial charge >= 0.3 is 0 Å². The van der Waals surface area contributed by atoms with Gasteiger partial charge in [-0.05, 0) is 17.0 Å². The zero-order chi connectivity index (χ0) is 17.9. The number of hydrogen-bond acceptors (Lipinski definition) is 4. The van der Waals surface area contributed by atoms with E-state index >= 15 is 0 Å². The minimum absolute atomic E-state index is 0. The predicted molar refractivity (Wildman–Crippen MR) is 104 cm³/mol. The van der Waals surface area contributed by atoms with Crippen LogP contribution in [0.4, 0.5) is 0 Å². The summed E-state index contributed by atoms with van der Waals surface area (Å²) in [5.41, 5.74) is 2.36. The van der Waals surface area contributed by atoms with Crippen molar-refractivity contribution in [1.29, 1.82) is 0 Å². The van der Waals surface area contributed by atoms with Crippen LogP contribution >= 0.6 is 12.4 Å². The summed E-state index contributed by atoms with van der Waals surface area (Å²) < 4.78 is 0.291. The van der Waals surface area contributed by atoms with Gasteiger partial charge < -0.3 is 19.8 Å². The van der Waals surface area contributed by atoms with Crippen molar-refractivity contribution in [3.8, 4) is 0 Å². The molecule has 3 rings (SSSR count). The van der Waals surface area contributed by atoms with E-state index in [2.05, 4.69) is 0 Å². The highest BCUT2D eigenvalue weighted by Gasteiger charge is 2.32. The molecular formula is C20H25ClNO4+. The van der Waals surface area contributed by atoms with Gasteiger partial charge in [-0.1, -0.05) is 36.4 Å². The Kier molecular flexibility index (Phi) is 6.92.